The maximum Gasteiger partial charge on any atom is 0.239 e. The van der Waals surface area contributed by atoms with Crippen molar-refractivity contribution < 1.29 is 14.3 Å². The zero-order chi connectivity index (χ0) is 19.0. The van der Waals surface area contributed by atoms with Gasteiger partial charge < -0.3 is 15.0 Å². The third-order valence-corrected chi connectivity index (χ3v) is 6.13. The molecule has 146 valence electrons. The van der Waals surface area contributed by atoms with Crippen LogP contribution in [0.4, 0.5) is 0 Å². The molecule has 3 fully saturated rings. The van der Waals surface area contributed by atoms with Gasteiger partial charge in [-0.15, -0.1) is 0 Å². The Morgan fingerprint density at radius 3 is 2.63 bits per heavy atom. The number of hydrogen-bond donors (Lipinski definition) is 1. The molecule has 4 rings (SSSR count). The van der Waals surface area contributed by atoms with E-state index >= 15 is 0 Å². The van der Waals surface area contributed by atoms with E-state index in [9.17, 15) is 9.59 Å². The third-order valence-electron chi connectivity index (χ3n) is 6.13. The minimum atomic E-state index is -0.305. The average Bonchev–Trinajstić information content (AvgIpc) is 3.45. The zero-order valence-corrected chi connectivity index (χ0v) is 16.2. The SMILES string of the molecule is CNC(=O)[C@H]1COC2(CN(C(=O)Cc3ccccc3C)C2)CN1CC1CC1. The molecule has 2 heterocycles. The van der Waals surface area contributed by atoms with Crippen molar-refractivity contribution in [2.24, 2.45) is 5.92 Å². The highest BCUT2D eigenvalue weighted by Gasteiger charge is 2.52. The van der Waals surface area contributed by atoms with Crippen LogP contribution in [0.25, 0.3) is 0 Å². The molecule has 0 radical (unpaired) electrons. The van der Waals surface area contributed by atoms with Crippen LogP contribution in [0.1, 0.15) is 24.0 Å². The first-order chi connectivity index (χ1) is 13.0. The van der Waals surface area contributed by atoms with E-state index < -0.39 is 0 Å². The van der Waals surface area contributed by atoms with E-state index in [1.807, 2.05) is 36.1 Å². The smallest absolute Gasteiger partial charge is 0.239 e. The summed E-state index contributed by atoms with van der Waals surface area (Å²) >= 11 is 0. The van der Waals surface area contributed by atoms with E-state index in [1.54, 1.807) is 7.05 Å². The number of nitrogens with one attached hydrogen (secondary N) is 1. The second-order valence-electron chi connectivity index (χ2n) is 8.35. The maximum absolute atomic E-state index is 12.7. The molecule has 2 aliphatic heterocycles. The Kier molecular flexibility index (Phi) is 4.95. The van der Waals surface area contributed by atoms with Gasteiger partial charge in [0.25, 0.3) is 0 Å². The van der Waals surface area contributed by atoms with E-state index in [0.717, 1.165) is 24.2 Å². The average molecular weight is 371 g/mol. The molecule has 1 aromatic carbocycles. The summed E-state index contributed by atoms with van der Waals surface area (Å²) in [5.41, 5.74) is 1.93. The lowest BCUT2D eigenvalue weighted by Crippen LogP contribution is -2.73. The topological polar surface area (TPSA) is 61.9 Å². The summed E-state index contributed by atoms with van der Waals surface area (Å²) in [7, 11) is 1.68. The number of likely N-dealkylation sites (N-methyl/N-ethyl adjacent to an activating group) is 1. The molecular weight excluding hydrogens is 342 g/mol. The van der Waals surface area contributed by atoms with Gasteiger partial charge in [-0.25, -0.2) is 0 Å². The highest BCUT2D eigenvalue weighted by atomic mass is 16.5. The van der Waals surface area contributed by atoms with Crippen molar-refractivity contribution in [2.75, 3.05) is 39.8 Å². The Labute approximate surface area is 160 Å². The zero-order valence-electron chi connectivity index (χ0n) is 16.2. The van der Waals surface area contributed by atoms with Crippen molar-refractivity contribution in [3.63, 3.8) is 0 Å². The first-order valence-electron chi connectivity index (χ1n) is 9.91. The number of rotatable bonds is 5. The summed E-state index contributed by atoms with van der Waals surface area (Å²) in [4.78, 5) is 29.0. The third kappa shape index (κ3) is 3.87. The molecule has 6 nitrogen and oxygen atoms in total. The van der Waals surface area contributed by atoms with Crippen LogP contribution in [-0.2, 0) is 20.7 Å². The number of carbonyl (C=O) groups is 2. The molecule has 27 heavy (non-hydrogen) atoms. The molecule has 1 N–H and O–H groups in total. The fourth-order valence-electron chi connectivity index (χ4n) is 4.22. The number of hydrogen-bond acceptors (Lipinski definition) is 4. The molecule has 0 aromatic heterocycles. The fraction of sp³-hybridized carbons (Fsp3) is 0.619. The van der Waals surface area contributed by atoms with Crippen molar-refractivity contribution >= 4 is 11.8 Å². The van der Waals surface area contributed by atoms with Crippen LogP contribution >= 0.6 is 0 Å². The van der Waals surface area contributed by atoms with Crippen molar-refractivity contribution in [3.8, 4) is 0 Å². The summed E-state index contributed by atoms with van der Waals surface area (Å²) in [6.45, 7) is 5.39. The maximum atomic E-state index is 12.7. The molecule has 1 aliphatic carbocycles. The molecule has 1 saturated carbocycles. The lowest BCUT2D eigenvalue weighted by Gasteiger charge is -2.55. The molecular formula is C21H29N3O3. The Bertz CT molecular complexity index is 725. The molecule has 2 saturated heterocycles. The molecule has 1 spiro atoms. The van der Waals surface area contributed by atoms with Gasteiger partial charge >= 0.3 is 0 Å². The van der Waals surface area contributed by atoms with E-state index in [-0.39, 0.29) is 23.5 Å². The van der Waals surface area contributed by atoms with Gasteiger partial charge in [-0.05, 0) is 36.8 Å². The van der Waals surface area contributed by atoms with Crippen molar-refractivity contribution in [1.82, 2.24) is 15.1 Å². The largest absolute Gasteiger partial charge is 0.368 e. The predicted octanol–water partition coefficient (Wildman–Crippen LogP) is 0.975. The standard InChI is InChI=1S/C21H29N3O3/c1-15-5-3-4-6-17(15)9-19(25)24-13-21(14-24)12-23(10-16-7-8-16)18(11-27-21)20(26)22-2/h3-6,16,18H,7-14H2,1-2H3,(H,22,26)/t18-/m1/s1. The van der Waals surface area contributed by atoms with Crippen LogP contribution in [0.3, 0.4) is 0 Å². The summed E-state index contributed by atoms with van der Waals surface area (Å²) in [6, 6.07) is 7.82. The minimum absolute atomic E-state index is 0.0253. The van der Waals surface area contributed by atoms with Gasteiger partial charge in [0.2, 0.25) is 11.8 Å². The van der Waals surface area contributed by atoms with Crippen LogP contribution in [0.15, 0.2) is 24.3 Å². The summed E-state index contributed by atoms with van der Waals surface area (Å²) < 4.78 is 6.13. The highest BCUT2D eigenvalue weighted by molar-refractivity contribution is 5.82. The summed E-state index contributed by atoms with van der Waals surface area (Å²) in [5.74, 6) is 0.893. The van der Waals surface area contributed by atoms with Crippen LogP contribution in [0, 0.1) is 12.8 Å². The number of ether oxygens (including phenoxy) is 1. The van der Waals surface area contributed by atoms with Crippen molar-refractivity contribution in [3.05, 3.63) is 35.4 Å². The van der Waals surface area contributed by atoms with Crippen LogP contribution in [0.5, 0.6) is 0 Å². The van der Waals surface area contributed by atoms with Gasteiger partial charge in [0, 0.05) is 20.1 Å². The lowest BCUT2D eigenvalue weighted by molar-refractivity contribution is -0.204. The number of aryl methyl sites for hydroxylation is 1. The molecule has 6 heteroatoms. The molecule has 1 atom stereocenters. The molecule has 1 aromatic rings. The minimum Gasteiger partial charge on any atom is -0.368 e. The van der Waals surface area contributed by atoms with E-state index in [4.69, 9.17) is 4.74 Å². The molecule has 0 bridgehead atoms. The van der Waals surface area contributed by atoms with Crippen LogP contribution in [-0.4, -0.2) is 73.1 Å². The van der Waals surface area contributed by atoms with E-state index in [2.05, 4.69) is 10.2 Å². The van der Waals surface area contributed by atoms with Gasteiger partial charge in [-0.1, -0.05) is 24.3 Å². The number of amides is 2. The fourth-order valence-corrected chi connectivity index (χ4v) is 4.22. The summed E-state index contributed by atoms with van der Waals surface area (Å²) in [5, 5.41) is 2.76. The van der Waals surface area contributed by atoms with Crippen LogP contribution < -0.4 is 5.32 Å². The number of likely N-dealkylation sites (tertiary alicyclic amines) is 1. The second-order valence-corrected chi connectivity index (χ2v) is 8.35. The Balaban J connectivity index is 1.36. The highest BCUT2D eigenvalue weighted by Crippen LogP contribution is 2.36. The molecule has 2 amide bonds. The Hall–Kier alpha value is -1.92. The molecule has 3 aliphatic rings. The van der Waals surface area contributed by atoms with Crippen molar-refractivity contribution in [2.45, 2.75) is 37.8 Å². The van der Waals surface area contributed by atoms with E-state index in [0.29, 0.717) is 32.0 Å². The lowest BCUT2D eigenvalue weighted by atomic mass is 9.89. The van der Waals surface area contributed by atoms with Gasteiger partial charge in [0.15, 0.2) is 0 Å². The number of nitrogens with zero attached hydrogens (tertiary/aromatic N) is 2. The number of carbonyl (C=O) groups excluding carboxylic acids is 2. The second kappa shape index (κ2) is 7.24. The molecule has 0 unspecified atom stereocenters. The van der Waals surface area contributed by atoms with Gasteiger partial charge in [-0.3, -0.25) is 14.5 Å². The van der Waals surface area contributed by atoms with E-state index in [1.165, 1.54) is 12.8 Å². The summed E-state index contributed by atoms with van der Waals surface area (Å²) in [6.07, 6.45) is 2.95. The first kappa shape index (κ1) is 18.4. The quantitative estimate of drug-likeness (QED) is 0.838. The van der Waals surface area contributed by atoms with Crippen molar-refractivity contribution in [1.29, 1.82) is 0 Å². The van der Waals surface area contributed by atoms with Crippen LogP contribution in [0.2, 0.25) is 0 Å². The first-order valence-corrected chi connectivity index (χ1v) is 9.91. The Morgan fingerprint density at radius 2 is 1.96 bits per heavy atom. The predicted molar refractivity (Wildman–Crippen MR) is 102 cm³/mol. The van der Waals surface area contributed by atoms with Gasteiger partial charge in [0.05, 0.1) is 26.1 Å². The number of morpholine rings is 1. The number of benzene rings is 1. The Morgan fingerprint density at radius 1 is 1.22 bits per heavy atom. The van der Waals surface area contributed by atoms with Gasteiger partial charge in [0.1, 0.15) is 11.6 Å². The van der Waals surface area contributed by atoms with Gasteiger partial charge in [-0.2, -0.15) is 0 Å². The normalized spacial score (nSPS) is 24.5. The monoisotopic (exact) mass is 371 g/mol.